The van der Waals surface area contributed by atoms with E-state index in [4.69, 9.17) is 4.98 Å². The Kier molecular flexibility index (Phi) is 5.70. The second kappa shape index (κ2) is 8.63. The maximum Gasteiger partial charge on any atom is 0.241 e. The van der Waals surface area contributed by atoms with Crippen molar-refractivity contribution in [3.05, 3.63) is 108 Å². The van der Waals surface area contributed by atoms with Gasteiger partial charge in [0.15, 0.2) is 0 Å². The lowest BCUT2D eigenvalue weighted by Crippen LogP contribution is -2.24. The summed E-state index contributed by atoms with van der Waals surface area (Å²) in [4.78, 5) is 8.38. The third-order valence-corrected chi connectivity index (χ3v) is 6.65. The Balaban J connectivity index is 1.61. The van der Waals surface area contributed by atoms with Crippen molar-refractivity contribution in [3.63, 3.8) is 0 Å². The highest BCUT2D eigenvalue weighted by Gasteiger charge is 2.30. The highest BCUT2D eigenvalue weighted by atomic mass is 19.1. The monoisotopic (exact) mass is 482 g/mol. The third kappa shape index (κ3) is 4.39. The maximum absolute atomic E-state index is 14.3. The van der Waals surface area contributed by atoms with E-state index in [9.17, 15) is 8.78 Å². The van der Waals surface area contributed by atoms with Crippen LogP contribution in [0.3, 0.4) is 0 Å². The predicted molar refractivity (Wildman–Crippen MR) is 139 cm³/mol. The van der Waals surface area contributed by atoms with Crippen LogP contribution in [-0.2, 0) is 10.8 Å². The molecule has 0 radical (unpaired) electrons. The van der Waals surface area contributed by atoms with Crippen LogP contribution < -0.4 is 0 Å². The van der Waals surface area contributed by atoms with Gasteiger partial charge in [0.25, 0.3) is 0 Å². The second-order valence-electron chi connectivity index (χ2n) is 10.7. The minimum atomic E-state index is -0.908. The van der Waals surface area contributed by atoms with Gasteiger partial charge in [-0.05, 0) is 72.0 Å². The van der Waals surface area contributed by atoms with Gasteiger partial charge in [-0.25, -0.2) is 4.68 Å². The van der Waals surface area contributed by atoms with Gasteiger partial charge in [0, 0.05) is 11.8 Å². The van der Waals surface area contributed by atoms with Crippen LogP contribution in [0.4, 0.5) is 8.78 Å². The smallest absolute Gasteiger partial charge is 0.241 e. The Morgan fingerprint density at radius 1 is 0.722 bits per heavy atom. The average Bonchev–Trinajstić information content (AvgIpc) is 3.34. The lowest BCUT2D eigenvalue weighted by Gasteiger charge is -2.27. The van der Waals surface area contributed by atoms with Gasteiger partial charge in [-0.3, -0.25) is 4.98 Å². The van der Waals surface area contributed by atoms with Gasteiger partial charge in [-0.15, -0.1) is 0 Å². The first-order valence-corrected chi connectivity index (χ1v) is 11.9. The Bertz CT molecular complexity index is 1580. The second-order valence-corrected chi connectivity index (χ2v) is 10.7. The number of aromatic nitrogens is 4. The molecule has 0 aliphatic heterocycles. The van der Waals surface area contributed by atoms with Crippen LogP contribution >= 0.6 is 0 Å². The number of benzene rings is 2. The molecule has 182 valence electrons. The van der Waals surface area contributed by atoms with Crippen LogP contribution in [0.25, 0.3) is 27.7 Å². The van der Waals surface area contributed by atoms with Crippen LogP contribution in [0.2, 0.25) is 0 Å². The Morgan fingerprint density at radius 3 is 2.19 bits per heavy atom. The molecule has 0 aliphatic rings. The first kappa shape index (κ1) is 23.8. The standard InChI is InChI=1S/C30H28F2N4/c1-29(2,3)22-17-23(21-11-10-19-8-6-7-9-20(19)16-21)33-26(18-22)30(4,5)25-14-15-36(35-25)24-12-13-27(31)34-28(24)32/h6-18H,1-5H3. The topological polar surface area (TPSA) is 43.6 Å². The van der Waals surface area contributed by atoms with Crippen LogP contribution in [0.5, 0.6) is 0 Å². The molecule has 0 N–H and O–H groups in total. The van der Waals surface area contributed by atoms with Crippen molar-refractivity contribution in [2.24, 2.45) is 0 Å². The Morgan fingerprint density at radius 2 is 1.47 bits per heavy atom. The third-order valence-electron chi connectivity index (χ3n) is 6.65. The van der Waals surface area contributed by atoms with E-state index in [1.54, 1.807) is 6.20 Å². The van der Waals surface area contributed by atoms with Crippen LogP contribution in [0, 0.1) is 11.9 Å². The zero-order valence-electron chi connectivity index (χ0n) is 21.1. The zero-order valence-corrected chi connectivity index (χ0v) is 21.1. The zero-order chi connectivity index (χ0) is 25.7. The molecule has 0 spiro atoms. The van der Waals surface area contributed by atoms with Gasteiger partial charge in [0.05, 0.1) is 22.5 Å². The first-order chi connectivity index (χ1) is 17.0. The number of nitrogens with zero attached hydrogens (tertiary/aromatic N) is 4. The summed E-state index contributed by atoms with van der Waals surface area (Å²) in [5, 5.41) is 6.97. The van der Waals surface area contributed by atoms with E-state index in [-0.39, 0.29) is 11.1 Å². The summed E-state index contributed by atoms with van der Waals surface area (Å²) in [5.74, 6) is -1.78. The van der Waals surface area contributed by atoms with Gasteiger partial charge in [0.1, 0.15) is 5.69 Å². The molecule has 4 nitrogen and oxygen atoms in total. The van der Waals surface area contributed by atoms with Crippen molar-refractivity contribution < 1.29 is 8.78 Å². The van der Waals surface area contributed by atoms with Crippen molar-refractivity contribution in [2.75, 3.05) is 0 Å². The first-order valence-electron chi connectivity index (χ1n) is 11.9. The molecule has 3 aromatic heterocycles. The molecule has 2 aromatic carbocycles. The van der Waals surface area contributed by atoms with Crippen LogP contribution in [-0.4, -0.2) is 19.7 Å². The fraction of sp³-hybridized carbons (Fsp3) is 0.233. The normalized spacial score (nSPS) is 12.3. The summed E-state index contributed by atoms with van der Waals surface area (Å²) in [6.07, 6.45) is 1.66. The van der Waals surface area contributed by atoms with E-state index in [1.165, 1.54) is 16.1 Å². The Hall–Kier alpha value is -3.93. The molecule has 36 heavy (non-hydrogen) atoms. The number of hydrogen-bond acceptors (Lipinski definition) is 3. The fourth-order valence-electron chi connectivity index (χ4n) is 4.28. The largest absolute Gasteiger partial charge is 0.252 e. The van der Waals surface area contributed by atoms with Gasteiger partial charge >= 0.3 is 0 Å². The molecular weight excluding hydrogens is 454 g/mol. The molecule has 3 heterocycles. The van der Waals surface area contributed by atoms with Crippen molar-refractivity contribution in [2.45, 2.75) is 45.4 Å². The number of hydrogen-bond donors (Lipinski definition) is 0. The number of fused-ring (bicyclic) bond motifs is 1. The molecule has 5 rings (SSSR count). The molecule has 0 aliphatic carbocycles. The molecular formula is C30H28F2N4. The highest BCUT2D eigenvalue weighted by Crippen LogP contribution is 2.35. The van der Waals surface area contributed by atoms with Crippen molar-refractivity contribution >= 4 is 10.8 Å². The maximum atomic E-state index is 14.3. The molecule has 0 saturated heterocycles. The Labute approximate surface area is 209 Å². The molecule has 5 aromatic rings. The molecule has 0 bridgehead atoms. The quantitative estimate of drug-likeness (QED) is 0.251. The van der Waals surface area contributed by atoms with E-state index in [0.29, 0.717) is 5.69 Å². The lowest BCUT2D eigenvalue weighted by atomic mass is 9.80. The van der Waals surface area contributed by atoms with E-state index < -0.39 is 17.3 Å². The summed E-state index contributed by atoms with van der Waals surface area (Å²) in [5.41, 5.74) is 4.09. The van der Waals surface area contributed by atoms with Gasteiger partial charge in [-0.2, -0.15) is 18.9 Å². The number of rotatable bonds is 4. The van der Waals surface area contributed by atoms with Gasteiger partial charge in [0.2, 0.25) is 11.9 Å². The number of pyridine rings is 2. The molecule has 0 amide bonds. The van der Waals surface area contributed by atoms with Crippen molar-refractivity contribution in [1.29, 1.82) is 0 Å². The molecule has 0 fully saturated rings. The molecule has 0 saturated carbocycles. The summed E-state index contributed by atoms with van der Waals surface area (Å²) in [6, 6.07) is 23.2. The van der Waals surface area contributed by atoms with E-state index in [1.807, 2.05) is 18.2 Å². The van der Waals surface area contributed by atoms with Gasteiger partial charge in [-0.1, -0.05) is 57.2 Å². The SMILES string of the molecule is CC(C)(C)c1cc(-c2ccc3ccccc3c2)nc(C(C)(C)c2ccn(-c3ccc(F)nc3F)n2)c1. The molecule has 6 heteroatoms. The van der Waals surface area contributed by atoms with Crippen LogP contribution in [0.15, 0.2) is 79.0 Å². The molecule has 0 atom stereocenters. The minimum Gasteiger partial charge on any atom is -0.252 e. The van der Waals surface area contributed by atoms with E-state index in [0.717, 1.165) is 34.0 Å². The summed E-state index contributed by atoms with van der Waals surface area (Å²) >= 11 is 0. The van der Waals surface area contributed by atoms with Crippen molar-refractivity contribution in [3.8, 4) is 16.9 Å². The van der Waals surface area contributed by atoms with Crippen molar-refractivity contribution in [1.82, 2.24) is 19.7 Å². The van der Waals surface area contributed by atoms with E-state index in [2.05, 4.69) is 87.2 Å². The minimum absolute atomic E-state index is 0.0895. The summed E-state index contributed by atoms with van der Waals surface area (Å²) in [7, 11) is 0. The highest BCUT2D eigenvalue weighted by molar-refractivity contribution is 5.86. The van der Waals surface area contributed by atoms with E-state index >= 15 is 0 Å². The predicted octanol–water partition coefficient (Wildman–Crippen LogP) is 7.38. The lowest BCUT2D eigenvalue weighted by molar-refractivity contribution is 0.503. The average molecular weight is 483 g/mol. The number of halogens is 2. The molecule has 0 unspecified atom stereocenters. The summed E-state index contributed by atoms with van der Waals surface area (Å²) in [6.45, 7) is 10.7. The van der Waals surface area contributed by atoms with Crippen LogP contribution in [0.1, 0.15) is 51.6 Å². The fourth-order valence-corrected chi connectivity index (χ4v) is 4.28. The summed E-state index contributed by atoms with van der Waals surface area (Å²) < 4.78 is 29.0. The van der Waals surface area contributed by atoms with Gasteiger partial charge < -0.3 is 0 Å².